The van der Waals surface area contributed by atoms with Gasteiger partial charge in [-0.25, -0.2) is 4.98 Å². The van der Waals surface area contributed by atoms with Crippen LogP contribution < -0.4 is 0 Å². The molecule has 3 heteroatoms. The molecule has 1 atom stereocenters. The average molecular weight is 280 g/mol. The fourth-order valence-electron chi connectivity index (χ4n) is 2.85. The highest BCUT2D eigenvalue weighted by Crippen LogP contribution is 2.17. The van der Waals surface area contributed by atoms with Crippen LogP contribution in [-0.4, -0.2) is 28.4 Å². The van der Waals surface area contributed by atoms with Crippen LogP contribution in [0.25, 0.3) is 17.0 Å². The number of amides is 1. The Morgan fingerprint density at radius 3 is 2.95 bits per heavy atom. The van der Waals surface area contributed by atoms with Crippen LogP contribution in [0.3, 0.4) is 0 Å². The Hall–Kier alpha value is -2.16. The van der Waals surface area contributed by atoms with E-state index in [9.17, 15) is 4.79 Å². The van der Waals surface area contributed by atoms with Gasteiger partial charge in [0.1, 0.15) is 0 Å². The fraction of sp³-hybridized carbons (Fsp3) is 0.333. The average Bonchev–Trinajstić information content (AvgIpc) is 2.53. The summed E-state index contributed by atoms with van der Waals surface area (Å²) in [5.41, 5.74) is 1.78. The Morgan fingerprint density at radius 2 is 2.10 bits per heavy atom. The van der Waals surface area contributed by atoms with Gasteiger partial charge in [-0.3, -0.25) is 4.79 Å². The van der Waals surface area contributed by atoms with E-state index in [1.165, 1.54) is 6.42 Å². The fourth-order valence-corrected chi connectivity index (χ4v) is 2.85. The lowest BCUT2D eigenvalue weighted by atomic mass is 10.0. The third-order valence-corrected chi connectivity index (χ3v) is 4.10. The number of likely N-dealkylation sites (tertiary alicyclic amines) is 1. The SMILES string of the molecule is CC1CCCCN1C(=O)/C=C/c1ccc2ccccc2n1. The van der Waals surface area contributed by atoms with Gasteiger partial charge in [0.25, 0.3) is 0 Å². The van der Waals surface area contributed by atoms with Gasteiger partial charge in [-0.05, 0) is 44.4 Å². The lowest BCUT2D eigenvalue weighted by molar-refractivity contribution is -0.129. The van der Waals surface area contributed by atoms with Gasteiger partial charge < -0.3 is 4.90 Å². The van der Waals surface area contributed by atoms with Crippen molar-refractivity contribution < 1.29 is 4.79 Å². The topological polar surface area (TPSA) is 33.2 Å². The molecular weight excluding hydrogens is 260 g/mol. The maximum Gasteiger partial charge on any atom is 0.246 e. The van der Waals surface area contributed by atoms with E-state index in [1.54, 1.807) is 6.08 Å². The zero-order chi connectivity index (χ0) is 14.7. The number of carbonyl (C=O) groups excluding carboxylic acids is 1. The largest absolute Gasteiger partial charge is 0.336 e. The lowest BCUT2D eigenvalue weighted by Gasteiger charge is -2.32. The van der Waals surface area contributed by atoms with Crippen LogP contribution in [0.15, 0.2) is 42.5 Å². The summed E-state index contributed by atoms with van der Waals surface area (Å²) in [7, 11) is 0. The number of benzene rings is 1. The molecule has 1 aromatic heterocycles. The molecule has 2 aromatic rings. The number of piperidine rings is 1. The maximum atomic E-state index is 12.3. The monoisotopic (exact) mass is 280 g/mol. The van der Waals surface area contributed by atoms with E-state index in [0.717, 1.165) is 36.0 Å². The first-order valence-corrected chi connectivity index (χ1v) is 7.58. The van der Waals surface area contributed by atoms with Gasteiger partial charge in [-0.1, -0.05) is 24.3 Å². The molecule has 2 heterocycles. The standard InChI is InChI=1S/C18H20N2O/c1-14-6-4-5-13-20(14)18(21)12-11-16-10-9-15-7-2-3-8-17(15)19-16/h2-3,7-12,14H,4-6,13H2,1H3/b12-11+. The second kappa shape index (κ2) is 6.08. The van der Waals surface area contributed by atoms with Crippen molar-refractivity contribution in [2.45, 2.75) is 32.2 Å². The van der Waals surface area contributed by atoms with Crippen molar-refractivity contribution in [3.8, 4) is 0 Å². The Kier molecular flexibility index (Phi) is 4.00. The van der Waals surface area contributed by atoms with Crippen LogP contribution in [0.4, 0.5) is 0 Å². The van der Waals surface area contributed by atoms with Gasteiger partial charge in [-0.2, -0.15) is 0 Å². The molecule has 0 saturated carbocycles. The number of hydrogen-bond acceptors (Lipinski definition) is 2. The van der Waals surface area contributed by atoms with Crippen LogP contribution in [0, 0.1) is 0 Å². The number of carbonyl (C=O) groups is 1. The molecule has 0 spiro atoms. The summed E-state index contributed by atoms with van der Waals surface area (Å²) in [6, 6.07) is 12.3. The second-order valence-electron chi connectivity index (χ2n) is 5.64. The smallest absolute Gasteiger partial charge is 0.246 e. The molecule has 1 fully saturated rings. The van der Waals surface area contributed by atoms with Crippen LogP contribution >= 0.6 is 0 Å². The number of fused-ring (bicyclic) bond motifs is 1. The highest BCUT2D eigenvalue weighted by molar-refractivity contribution is 5.92. The van der Waals surface area contributed by atoms with Crippen LogP contribution in [-0.2, 0) is 4.79 Å². The molecule has 21 heavy (non-hydrogen) atoms. The molecule has 3 rings (SSSR count). The highest BCUT2D eigenvalue weighted by Gasteiger charge is 2.21. The van der Waals surface area contributed by atoms with E-state index < -0.39 is 0 Å². The predicted octanol–water partition coefficient (Wildman–Crippen LogP) is 3.65. The van der Waals surface area contributed by atoms with E-state index in [2.05, 4.69) is 11.9 Å². The van der Waals surface area contributed by atoms with E-state index in [4.69, 9.17) is 0 Å². The lowest BCUT2D eigenvalue weighted by Crippen LogP contribution is -2.41. The maximum absolute atomic E-state index is 12.3. The zero-order valence-electron chi connectivity index (χ0n) is 12.3. The van der Waals surface area contributed by atoms with Gasteiger partial charge in [0.2, 0.25) is 5.91 Å². The van der Waals surface area contributed by atoms with Gasteiger partial charge >= 0.3 is 0 Å². The molecule has 0 bridgehead atoms. The summed E-state index contributed by atoms with van der Waals surface area (Å²) in [6.07, 6.45) is 6.90. The van der Waals surface area contributed by atoms with Crippen LogP contribution in [0.5, 0.6) is 0 Å². The quantitative estimate of drug-likeness (QED) is 0.787. The minimum Gasteiger partial charge on any atom is -0.336 e. The summed E-state index contributed by atoms with van der Waals surface area (Å²) >= 11 is 0. The first-order valence-electron chi connectivity index (χ1n) is 7.58. The summed E-state index contributed by atoms with van der Waals surface area (Å²) in [4.78, 5) is 18.8. The van der Waals surface area contributed by atoms with Gasteiger partial charge in [0.15, 0.2) is 0 Å². The second-order valence-corrected chi connectivity index (χ2v) is 5.64. The minimum atomic E-state index is 0.0946. The van der Waals surface area contributed by atoms with Crippen molar-refractivity contribution in [2.75, 3.05) is 6.54 Å². The zero-order valence-corrected chi connectivity index (χ0v) is 12.3. The number of aromatic nitrogens is 1. The Balaban J connectivity index is 1.76. The summed E-state index contributed by atoms with van der Waals surface area (Å²) in [5, 5.41) is 1.12. The van der Waals surface area contributed by atoms with Crippen LogP contribution in [0.1, 0.15) is 31.9 Å². The highest BCUT2D eigenvalue weighted by atomic mass is 16.2. The van der Waals surface area contributed by atoms with Crippen molar-refractivity contribution in [2.24, 2.45) is 0 Å². The van der Waals surface area contributed by atoms with E-state index in [-0.39, 0.29) is 5.91 Å². The Morgan fingerprint density at radius 1 is 1.24 bits per heavy atom. The first kappa shape index (κ1) is 13.8. The number of pyridine rings is 1. The van der Waals surface area contributed by atoms with Crippen molar-refractivity contribution in [1.82, 2.24) is 9.88 Å². The third-order valence-electron chi connectivity index (χ3n) is 4.10. The molecular formula is C18H20N2O. The van der Waals surface area contributed by atoms with Gasteiger partial charge in [0.05, 0.1) is 11.2 Å². The predicted molar refractivity (Wildman–Crippen MR) is 85.8 cm³/mol. The van der Waals surface area contributed by atoms with Crippen LogP contribution in [0.2, 0.25) is 0 Å². The summed E-state index contributed by atoms with van der Waals surface area (Å²) in [5.74, 6) is 0.0946. The van der Waals surface area contributed by atoms with Crippen molar-refractivity contribution >= 4 is 22.9 Å². The molecule has 1 amide bonds. The summed E-state index contributed by atoms with van der Waals surface area (Å²) < 4.78 is 0. The molecule has 0 N–H and O–H groups in total. The molecule has 1 unspecified atom stereocenters. The van der Waals surface area contributed by atoms with Gasteiger partial charge in [-0.15, -0.1) is 0 Å². The molecule has 0 aliphatic carbocycles. The van der Waals surface area contributed by atoms with Gasteiger partial charge in [0, 0.05) is 24.0 Å². The number of nitrogens with zero attached hydrogens (tertiary/aromatic N) is 2. The Labute approximate surface area is 125 Å². The Bertz CT molecular complexity index is 678. The van der Waals surface area contributed by atoms with Crippen molar-refractivity contribution in [1.29, 1.82) is 0 Å². The molecule has 3 nitrogen and oxygen atoms in total. The van der Waals surface area contributed by atoms with Crippen molar-refractivity contribution in [3.05, 3.63) is 48.2 Å². The number of rotatable bonds is 2. The van der Waals surface area contributed by atoms with E-state index in [1.807, 2.05) is 47.4 Å². The molecule has 1 aliphatic heterocycles. The normalized spacial score (nSPS) is 19.3. The van der Waals surface area contributed by atoms with E-state index >= 15 is 0 Å². The first-order chi connectivity index (χ1) is 10.2. The molecule has 1 aliphatic rings. The van der Waals surface area contributed by atoms with Crippen molar-refractivity contribution in [3.63, 3.8) is 0 Å². The third kappa shape index (κ3) is 3.13. The summed E-state index contributed by atoms with van der Waals surface area (Å²) in [6.45, 7) is 2.99. The van der Waals surface area contributed by atoms with E-state index in [0.29, 0.717) is 6.04 Å². The number of para-hydroxylation sites is 1. The molecule has 0 radical (unpaired) electrons. The molecule has 1 aromatic carbocycles. The molecule has 108 valence electrons. The number of hydrogen-bond donors (Lipinski definition) is 0. The molecule has 1 saturated heterocycles. The minimum absolute atomic E-state index is 0.0946.